The molecular formula is C15H17FO. The molecule has 2 rings (SSSR count). The van der Waals surface area contributed by atoms with Crippen LogP contribution in [0.25, 0.3) is 0 Å². The first-order chi connectivity index (χ1) is 8.29. The van der Waals surface area contributed by atoms with Gasteiger partial charge in [-0.2, -0.15) is 0 Å². The van der Waals surface area contributed by atoms with Crippen molar-refractivity contribution >= 4 is 0 Å². The molecule has 0 aromatic heterocycles. The van der Waals surface area contributed by atoms with Crippen molar-refractivity contribution in [1.29, 1.82) is 0 Å². The highest BCUT2D eigenvalue weighted by molar-refractivity contribution is 5.32. The van der Waals surface area contributed by atoms with Gasteiger partial charge in [-0.1, -0.05) is 31.6 Å². The van der Waals surface area contributed by atoms with Gasteiger partial charge in [-0.3, -0.25) is 0 Å². The predicted molar refractivity (Wildman–Crippen MR) is 67.6 cm³/mol. The summed E-state index contributed by atoms with van der Waals surface area (Å²) in [7, 11) is 0. The van der Waals surface area contributed by atoms with Crippen molar-refractivity contribution in [1.82, 2.24) is 0 Å². The van der Waals surface area contributed by atoms with Gasteiger partial charge in [0.15, 0.2) is 5.76 Å². The number of rotatable bonds is 4. The van der Waals surface area contributed by atoms with Crippen molar-refractivity contribution in [3.8, 4) is 5.75 Å². The van der Waals surface area contributed by atoms with Gasteiger partial charge in [0.25, 0.3) is 0 Å². The Kier molecular flexibility index (Phi) is 3.97. The van der Waals surface area contributed by atoms with Crippen molar-refractivity contribution in [3.05, 3.63) is 53.6 Å². The van der Waals surface area contributed by atoms with Gasteiger partial charge in [-0.05, 0) is 36.6 Å². The standard InChI is InChI=1S/C15H17FO/c1-2-5-12-8-10-13(11-9-12)17-15-7-4-3-6-14(15)16/h4,7-11H,2-3,5-6H2,1H3. The van der Waals surface area contributed by atoms with E-state index in [4.69, 9.17) is 4.74 Å². The molecule has 0 amide bonds. The van der Waals surface area contributed by atoms with E-state index in [0.29, 0.717) is 17.9 Å². The summed E-state index contributed by atoms with van der Waals surface area (Å²) in [4.78, 5) is 0. The first kappa shape index (κ1) is 11.9. The summed E-state index contributed by atoms with van der Waals surface area (Å²) in [5, 5.41) is 0. The molecule has 1 aromatic rings. The van der Waals surface area contributed by atoms with Crippen molar-refractivity contribution in [2.75, 3.05) is 0 Å². The Hall–Kier alpha value is -1.57. The summed E-state index contributed by atoms with van der Waals surface area (Å²) in [6.07, 6.45) is 7.04. The largest absolute Gasteiger partial charge is 0.455 e. The second-order valence-corrected chi connectivity index (χ2v) is 4.21. The number of benzene rings is 1. The average molecular weight is 232 g/mol. The molecular weight excluding hydrogens is 215 g/mol. The van der Waals surface area contributed by atoms with E-state index in [9.17, 15) is 4.39 Å². The summed E-state index contributed by atoms with van der Waals surface area (Å²) in [5.74, 6) is 0.881. The number of ether oxygens (including phenoxy) is 1. The van der Waals surface area contributed by atoms with E-state index in [1.54, 1.807) is 6.08 Å². The lowest BCUT2D eigenvalue weighted by Crippen LogP contribution is -1.99. The Morgan fingerprint density at radius 3 is 2.65 bits per heavy atom. The summed E-state index contributed by atoms with van der Waals surface area (Å²) in [6, 6.07) is 7.86. The quantitative estimate of drug-likeness (QED) is 0.740. The molecule has 2 heteroatoms. The highest BCUT2D eigenvalue weighted by Crippen LogP contribution is 2.24. The van der Waals surface area contributed by atoms with Crippen LogP contribution in [0.3, 0.4) is 0 Å². The fourth-order valence-electron chi connectivity index (χ4n) is 1.84. The number of allylic oxidation sites excluding steroid dienone is 3. The number of hydrogen-bond donors (Lipinski definition) is 0. The smallest absolute Gasteiger partial charge is 0.158 e. The molecule has 1 aromatic carbocycles. The highest BCUT2D eigenvalue weighted by Gasteiger charge is 2.09. The third kappa shape index (κ3) is 3.19. The van der Waals surface area contributed by atoms with Crippen molar-refractivity contribution < 1.29 is 9.13 Å². The molecule has 0 bridgehead atoms. The van der Waals surface area contributed by atoms with Crippen molar-refractivity contribution in [3.63, 3.8) is 0 Å². The lowest BCUT2D eigenvalue weighted by molar-refractivity contribution is 0.401. The second kappa shape index (κ2) is 5.67. The normalized spacial score (nSPS) is 15.2. The minimum Gasteiger partial charge on any atom is -0.455 e. The molecule has 1 nitrogen and oxygen atoms in total. The average Bonchev–Trinajstić information content (AvgIpc) is 2.35. The molecule has 90 valence electrons. The van der Waals surface area contributed by atoms with E-state index < -0.39 is 0 Å². The van der Waals surface area contributed by atoms with Crippen LogP contribution in [0.2, 0.25) is 0 Å². The Labute approximate surface area is 102 Å². The zero-order chi connectivity index (χ0) is 12.1. The van der Waals surface area contributed by atoms with Crippen LogP contribution in [0.15, 0.2) is 48.0 Å². The van der Waals surface area contributed by atoms with Crippen LogP contribution in [-0.4, -0.2) is 0 Å². The summed E-state index contributed by atoms with van der Waals surface area (Å²) in [6.45, 7) is 2.15. The van der Waals surface area contributed by atoms with Gasteiger partial charge in [0.1, 0.15) is 11.6 Å². The van der Waals surface area contributed by atoms with Gasteiger partial charge < -0.3 is 4.74 Å². The van der Waals surface area contributed by atoms with Crippen LogP contribution in [0.5, 0.6) is 5.75 Å². The Balaban J connectivity index is 2.06. The maximum atomic E-state index is 13.4. The Morgan fingerprint density at radius 1 is 1.24 bits per heavy atom. The van der Waals surface area contributed by atoms with Gasteiger partial charge in [-0.15, -0.1) is 0 Å². The summed E-state index contributed by atoms with van der Waals surface area (Å²) in [5.41, 5.74) is 1.29. The first-order valence-electron chi connectivity index (χ1n) is 6.11. The lowest BCUT2D eigenvalue weighted by atomic mass is 10.1. The molecule has 0 aliphatic heterocycles. The fourth-order valence-corrected chi connectivity index (χ4v) is 1.84. The highest BCUT2D eigenvalue weighted by atomic mass is 19.1. The minimum absolute atomic E-state index is 0.162. The molecule has 0 spiro atoms. The Bertz CT molecular complexity index is 429. The van der Waals surface area contributed by atoms with E-state index in [0.717, 1.165) is 19.3 Å². The topological polar surface area (TPSA) is 9.23 Å². The number of hydrogen-bond acceptors (Lipinski definition) is 1. The first-order valence-corrected chi connectivity index (χ1v) is 6.11. The Morgan fingerprint density at radius 2 is 2.00 bits per heavy atom. The van der Waals surface area contributed by atoms with Crippen molar-refractivity contribution in [2.24, 2.45) is 0 Å². The summed E-state index contributed by atoms with van der Waals surface area (Å²) >= 11 is 0. The molecule has 0 saturated carbocycles. The van der Waals surface area contributed by atoms with Crippen LogP contribution in [0.1, 0.15) is 31.7 Å². The molecule has 0 atom stereocenters. The van der Waals surface area contributed by atoms with Crippen LogP contribution >= 0.6 is 0 Å². The third-order valence-corrected chi connectivity index (χ3v) is 2.76. The molecule has 0 heterocycles. The van der Waals surface area contributed by atoms with E-state index in [2.05, 4.69) is 6.92 Å². The van der Waals surface area contributed by atoms with Gasteiger partial charge in [0.2, 0.25) is 0 Å². The molecule has 17 heavy (non-hydrogen) atoms. The number of aryl methyl sites for hydroxylation is 1. The monoisotopic (exact) mass is 232 g/mol. The maximum Gasteiger partial charge on any atom is 0.158 e. The molecule has 0 saturated heterocycles. The molecule has 1 aliphatic carbocycles. The van der Waals surface area contributed by atoms with E-state index in [-0.39, 0.29) is 5.83 Å². The van der Waals surface area contributed by atoms with Crippen LogP contribution in [0, 0.1) is 0 Å². The van der Waals surface area contributed by atoms with Gasteiger partial charge in [0, 0.05) is 6.42 Å². The predicted octanol–water partition coefficient (Wildman–Crippen LogP) is 4.55. The lowest BCUT2D eigenvalue weighted by Gasteiger charge is -2.11. The van der Waals surface area contributed by atoms with Crippen molar-refractivity contribution in [2.45, 2.75) is 32.6 Å². The van der Waals surface area contributed by atoms with Crippen LogP contribution in [-0.2, 0) is 6.42 Å². The van der Waals surface area contributed by atoms with Gasteiger partial charge in [-0.25, -0.2) is 4.39 Å². The van der Waals surface area contributed by atoms with Gasteiger partial charge in [0.05, 0.1) is 0 Å². The zero-order valence-electron chi connectivity index (χ0n) is 10.1. The molecule has 0 radical (unpaired) electrons. The van der Waals surface area contributed by atoms with E-state index in [1.807, 2.05) is 30.3 Å². The van der Waals surface area contributed by atoms with Crippen LogP contribution in [0.4, 0.5) is 4.39 Å². The maximum absolute atomic E-state index is 13.4. The van der Waals surface area contributed by atoms with E-state index in [1.165, 1.54) is 5.56 Å². The fraction of sp³-hybridized carbons (Fsp3) is 0.333. The summed E-state index contributed by atoms with van der Waals surface area (Å²) < 4.78 is 19.0. The number of halogens is 1. The second-order valence-electron chi connectivity index (χ2n) is 4.21. The van der Waals surface area contributed by atoms with Crippen LogP contribution < -0.4 is 4.74 Å². The zero-order valence-corrected chi connectivity index (χ0v) is 10.1. The SMILES string of the molecule is CCCc1ccc(OC2=C(F)CCC=C2)cc1. The van der Waals surface area contributed by atoms with Gasteiger partial charge >= 0.3 is 0 Å². The molecule has 0 unspecified atom stereocenters. The molecule has 1 aliphatic rings. The molecule has 0 fully saturated rings. The minimum atomic E-state index is -0.162. The third-order valence-electron chi connectivity index (χ3n) is 2.76. The molecule has 0 N–H and O–H groups in total. The van der Waals surface area contributed by atoms with E-state index >= 15 is 0 Å².